The van der Waals surface area contributed by atoms with Gasteiger partial charge < -0.3 is 25.8 Å². The Morgan fingerprint density at radius 3 is 2.11 bits per heavy atom. The summed E-state index contributed by atoms with van der Waals surface area (Å²) in [5.41, 5.74) is 2.31. The molecule has 0 bridgehead atoms. The molecule has 0 spiro atoms. The zero-order valence-electron chi connectivity index (χ0n) is 25.8. The number of carbonyl (C=O) groups excluding carboxylic acids is 2. The normalized spacial score (nSPS) is 13.5. The molecular weight excluding hydrogens is 616 g/mol. The topological polar surface area (TPSA) is 134 Å². The predicted molar refractivity (Wildman–Crippen MR) is 169 cm³/mol. The monoisotopic (exact) mass is 661 g/mol. The zero-order valence-corrected chi connectivity index (χ0v) is 27.4. The molecule has 0 aliphatic rings. The van der Waals surface area contributed by atoms with E-state index in [1.807, 2.05) is 45.0 Å². The molecule has 0 heterocycles. The first-order valence-electron chi connectivity index (χ1n) is 14.7. The minimum atomic E-state index is -3.83. The standard InChI is InChI=1S/C31H45F2N3O6S.ClH/c1-5-9-26(10-6-2)43(40,41)20-28(36-31(39)42-4)30(38)35-27(16-23-14-24(32)17-25(33)15-23)29(37)19-34-18-22-12-8-11-21(7-3)13-22;/h8,11-15,17,26-29,34,37H,5-7,9-10,16,18-20H2,1-4H3,(H,35,38)(H,36,39);1H/t27-,28+,29+;/m0./s1. The summed E-state index contributed by atoms with van der Waals surface area (Å²) >= 11 is 0. The van der Waals surface area contributed by atoms with E-state index in [2.05, 4.69) is 20.7 Å². The molecule has 44 heavy (non-hydrogen) atoms. The van der Waals surface area contributed by atoms with E-state index < -0.39 is 62.7 Å². The predicted octanol–water partition coefficient (Wildman–Crippen LogP) is 4.24. The number of aliphatic hydroxyl groups excluding tert-OH is 1. The van der Waals surface area contributed by atoms with Crippen LogP contribution in [0.25, 0.3) is 0 Å². The van der Waals surface area contributed by atoms with Crippen LogP contribution >= 0.6 is 12.4 Å². The van der Waals surface area contributed by atoms with Gasteiger partial charge in [-0.15, -0.1) is 12.4 Å². The van der Waals surface area contributed by atoms with Crippen molar-refractivity contribution in [2.75, 3.05) is 19.4 Å². The number of benzene rings is 2. The number of halogens is 3. The molecule has 0 aliphatic carbocycles. The van der Waals surface area contributed by atoms with Gasteiger partial charge in [-0.05, 0) is 54.5 Å². The summed E-state index contributed by atoms with van der Waals surface area (Å²) in [5.74, 6) is -3.20. The molecule has 0 saturated heterocycles. The lowest BCUT2D eigenvalue weighted by Crippen LogP contribution is -2.57. The van der Waals surface area contributed by atoms with E-state index in [-0.39, 0.29) is 30.9 Å². The van der Waals surface area contributed by atoms with Crippen molar-refractivity contribution in [3.63, 3.8) is 0 Å². The van der Waals surface area contributed by atoms with Crippen LogP contribution < -0.4 is 16.0 Å². The maximum absolute atomic E-state index is 14.0. The van der Waals surface area contributed by atoms with Crippen molar-refractivity contribution in [2.45, 2.75) is 89.3 Å². The lowest BCUT2D eigenvalue weighted by molar-refractivity contribution is -0.124. The van der Waals surface area contributed by atoms with Crippen LogP contribution in [-0.4, -0.2) is 68.4 Å². The third-order valence-corrected chi connectivity index (χ3v) is 9.46. The van der Waals surface area contributed by atoms with E-state index in [0.717, 1.165) is 36.8 Å². The summed E-state index contributed by atoms with van der Waals surface area (Å²) in [6.45, 7) is 6.19. The van der Waals surface area contributed by atoms with Crippen molar-refractivity contribution in [3.05, 3.63) is 70.8 Å². The first-order chi connectivity index (χ1) is 20.4. The maximum Gasteiger partial charge on any atom is 0.407 e. The summed E-state index contributed by atoms with van der Waals surface area (Å²) in [6, 6.07) is 8.18. The second-order valence-electron chi connectivity index (χ2n) is 10.7. The summed E-state index contributed by atoms with van der Waals surface area (Å²) in [5, 5.41) is 18.5. The van der Waals surface area contributed by atoms with Crippen LogP contribution in [0, 0.1) is 11.6 Å². The van der Waals surface area contributed by atoms with Gasteiger partial charge in [0.1, 0.15) is 17.7 Å². The van der Waals surface area contributed by atoms with Gasteiger partial charge >= 0.3 is 6.09 Å². The van der Waals surface area contributed by atoms with Crippen LogP contribution in [0.1, 0.15) is 63.1 Å². The fourth-order valence-electron chi connectivity index (χ4n) is 4.92. The molecule has 2 amide bonds. The molecule has 0 unspecified atom stereocenters. The van der Waals surface area contributed by atoms with Gasteiger partial charge in [-0.3, -0.25) is 4.79 Å². The van der Waals surface area contributed by atoms with Crippen LogP contribution in [0.15, 0.2) is 42.5 Å². The molecular formula is C31H46ClF2N3O6S. The highest BCUT2D eigenvalue weighted by Crippen LogP contribution is 2.18. The average Bonchev–Trinajstić information content (AvgIpc) is 2.95. The van der Waals surface area contributed by atoms with E-state index in [1.54, 1.807) is 0 Å². The number of amides is 2. The van der Waals surface area contributed by atoms with Gasteiger partial charge in [0.2, 0.25) is 5.91 Å². The fourth-order valence-corrected chi connectivity index (χ4v) is 7.08. The van der Waals surface area contributed by atoms with Crippen LogP contribution in [0.4, 0.5) is 13.6 Å². The molecule has 2 aromatic rings. The first kappa shape index (κ1) is 39.2. The number of rotatable bonds is 18. The van der Waals surface area contributed by atoms with E-state index in [0.29, 0.717) is 38.3 Å². The smallest absolute Gasteiger partial charge is 0.407 e. The van der Waals surface area contributed by atoms with Crippen LogP contribution in [0.2, 0.25) is 0 Å². The third-order valence-electron chi connectivity index (χ3n) is 7.17. The van der Waals surface area contributed by atoms with Crippen LogP contribution in [0.3, 0.4) is 0 Å². The van der Waals surface area contributed by atoms with Gasteiger partial charge in [0.25, 0.3) is 0 Å². The number of hydrogen-bond acceptors (Lipinski definition) is 7. The van der Waals surface area contributed by atoms with Crippen molar-refractivity contribution < 1.29 is 36.6 Å². The number of aryl methyl sites for hydroxylation is 1. The Balaban J connectivity index is 0.00000968. The van der Waals surface area contributed by atoms with Gasteiger partial charge in [-0.25, -0.2) is 22.0 Å². The van der Waals surface area contributed by atoms with E-state index in [1.165, 1.54) is 0 Å². The highest BCUT2D eigenvalue weighted by Gasteiger charge is 2.34. The third kappa shape index (κ3) is 13.1. The van der Waals surface area contributed by atoms with Gasteiger partial charge in [0.05, 0.1) is 30.3 Å². The number of hydrogen-bond donors (Lipinski definition) is 4. The summed E-state index contributed by atoms with van der Waals surface area (Å²) in [6.07, 6.45) is 0.512. The second kappa shape index (κ2) is 19.6. The Hall–Kier alpha value is -2.80. The zero-order chi connectivity index (χ0) is 32.0. The molecule has 0 saturated carbocycles. The number of ether oxygens (including phenoxy) is 1. The highest BCUT2D eigenvalue weighted by molar-refractivity contribution is 7.92. The average molecular weight is 662 g/mol. The van der Waals surface area contributed by atoms with Gasteiger partial charge in [-0.2, -0.15) is 0 Å². The molecule has 2 aromatic carbocycles. The summed E-state index contributed by atoms with van der Waals surface area (Å²) in [4.78, 5) is 25.6. The molecule has 0 fully saturated rings. The molecule has 4 N–H and O–H groups in total. The van der Waals surface area contributed by atoms with Crippen molar-refractivity contribution in [2.24, 2.45) is 0 Å². The summed E-state index contributed by atoms with van der Waals surface area (Å²) in [7, 11) is -2.74. The Morgan fingerprint density at radius 1 is 0.932 bits per heavy atom. The Kier molecular flexibility index (Phi) is 17.4. The molecule has 0 aliphatic heterocycles. The molecule has 248 valence electrons. The second-order valence-corrected chi connectivity index (χ2v) is 13.0. The van der Waals surface area contributed by atoms with E-state index in [4.69, 9.17) is 0 Å². The number of sulfone groups is 1. The maximum atomic E-state index is 14.0. The lowest BCUT2D eigenvalue weighted by Gasteiger charge is -2.28. The lowest BCUT2D eigenvalue weighted by atomic mass is 10.00. The molecule has 9 nitrogen and oxygen atoms in total. The van der Waals surface area contributed by atoms with Gasteiger partial charge in [0, 0.05) is 19.2 Å². The number of methoxy groups -OCH3 is 1. The van der Waals surface area contributed by atoms with Crippen LogP contribution in [-0.2, 0) is 38.8 Å². The van der Waals surface area contributed by atoms with E-state index in [9.17, 15) is 31.9 Å². The van der Waals surface area contributed by atoms with Gasteiger partial charge in [0.15, 0.2) is 9.84 Å². The Labute approximate surface area is 265 Å². The summed E-state index contributed by atoms with van der Waals surface area (Å²) < 4.78 is 59.1. The highest BCUT2D eigenvalue weighted by atomic mass is 35.5. The number of nitrogens with one attached hydrogen (secondary N) is 3. The Morgan fingerprint density at radius 2 is 1.55 bits per heavy atom. The van der Waals surface area contributed by atoms with E-state index >= 15 is 0 Å². The molecule has 2 rings (SSSR count). The minimum Gasteiger partial charge on any atom is -0.453 e. The Bertz CT molecular complexity index is 1270. The largest absolute Gasteiger partial charge is 0.453 e. The quantitative estimate of drug-likeness (QED) is 0.188. The van der Waals surface area contributed by atoms with Crippen molar-refractivity contribution in [3.8, 4) is 0 Å². The molecule has 3 atom stereocenters. The van der Waals surface area contributed by atoms with Gasteiger partial charge in [-0.1, -0.05) is 57.9 Å². The number of carbonyl (C=O) groups is 2. The first-order valence-corrected chi connectivity index (χ1v) is 16.4. The molecule has 0 aromatic heterocycles. The fraction of sp³-hybridized carbons (Fsp3) is 0.548. The number of alkyl carbamates (subject to hydrolysis) is 1. The minimum absolute atomic E-state index is 0. The van der Waals surface area contributed by atoms with Crippen molar-refractivity contribution in [1.29, 1.82) is 0 Å². The number of aliphatic hydroxyl groups is 1. The van der Waals surface area contributed by atoms with Crippen LogP contribution in [0.5, 0.6) is 0 Å². The molecule has 13 heteroatoms. The van der Waals surface area contributed by atoms with Crippen molar-refractivity contribution in [1.82, 2.24) is 16.0 Å². The SMILES string of the molecule is CCCC(CCC)S(=O)(=O)C[C@@H](NC(=O)OC)C(=O)N[C@@H](Cc1cc(F)cc(F)c1)[C@H](O)CNCc1cccc(CC)c1.Cl. The van der Waals surface area contributed by atoms with Crippen molar-refractivity contribution >= 4 is 34.2 Å². The molecule has 0 radical (unpaired) electrons.